The quantitative estimate of drug-likeness (QED) is 0.777. The van der Waals surface area contributed by atoms with E-state index >= 15 is 0 Å². The van der Waals surface area contributed by atoms with Gasteiger partial charge in [0.25, 0.3) is 0 Å². The number of rotatable bonds is 8. The van der Waals surface area contributed by atoms with E-state index < -0.39 is 12.0 Å². The third-order valence-electron chi connectivity index (χ3n) is 3.55. The molecule has 2 aromatic rings. The van der Waals surface area contributed by atoms with Crippen LogP contribution in [0.5, 0.6) is 11.5 Å². The van der Waals surface area contributed by atoms with Crippen LogP contribution in [0.1, 0.15) is 18.1 Å². The van der Waals surface area contributed by atoms with Gasteiger partial charge in [0, 0.05) is 12.1 Å². The van der Waals surface area contributed by atoms with Crippen molar-refractivity contribution in [3.05, 3.63) is 59.4 Å². The smallest absolute Gasteiger partial charge is 0.320 e. The van der Waals surface area contributed by atoms with Crippen LogP contribution < -0.4 is 14.8 Å². The minimum absolute atomic E-state index is 0.0939. The van der Waals surface area contributed by atoms with E-state index in [2.05, 4.69) is 5.32 Å². The number of carbonyl (C=O) groups is 1. The standard InChI is InChI=1S/C18H20FNO4/c1-12(18(21)22)20-10-13-7-8-16(17(9-13)23-2)24-11-14-5-3-4-6-15(14)19/h3-9,12,20H,10-11H2,1-2H3,(H,21,22). The number of aliphatic carboxylic acids is 1. The summed E-state index contributed by atoms with van der Waals surface area (Å²) in [5.74, 6) is -0.226. The number of halogens is 1. The van der Waals surface area contributed by atoms with Crippen molar-refractivity contribution in [3.8, 4) is 11.5 Å². The van der Waals surface area contributed by atoms with Gasteiger partial charge in [-0.2, -0.15) is 0 Å². The lowest BCUT2D eigenvalue weighted by molar-refractivity contribution is -0.139. The fraction of sp³-hybridized carbons (Fsp3) is 0.278. The molecule has 2 N–H and O–H groups in total. The summed E-state index contributed by atoms with van der Waals surface area (Å²) in [5, 5.41) is 11.8. The Balaban J connectivity index is 2.03. The molecule has 0 aliphatic carbocycles. The van der Waals surface area contributed by atoms with Gasteiger partial charge in [0.2, 0.25) is 0 Å². The molecule has 5 nitrogen and oxygen atoms in total. The highest BCUT2D eigenvalue weighted by Crippen LogP contribution is 2.29. The van der Waals surface area contributed by atoms with Gasteiger partial charge in [-0.1, -0.05) is 24.3 Å². The summed E-state index contributed by atoms with van der Waals surface area (Å²) in [6, 6.07) is 11.1. The molecule has 2 rings (SSSR count). The summed E-state index contributed by atoms with van der Waals surface area (Å²) in [4.78, 5) is 10.8. The number of methoxy groups -OCH3 is 1. The van der Waals surface area contributed by atoms with Gasteiger partial charge in [0.1, 0.15) is 18.5 Å². The average Bonchev–Trinajstić information content (AvgIpc) is 2.59. The molecule has 0 saturated heterocycles. The van der Waals surface area contributed by atoms with Crippen LogP contribution in [-0.2, 0) is 17.9 Å². The molecule has 0 spiro atoms. The van der Waals surface area contributed by atoms with Gasteiger partial charge in [-0.05, 0) is 30.7 Å². The van der Waals surface area contributed by atoms with E-state index in [1.165, 1.54) is 13.2 Å². The highest BCUT2D eigenvalue weighted by molar-refractivity contribution is 5.72. The maximum Gasteiger partial charge on any atom is 0.320 e. The molecule has 1 unspecified atom stereocenters. The van der Waals surface area contributed by atoms with Gasteiger partial charge in [-0.3, -0.25) is 4.79 Å². The zero-order chi connectivity index (χ0) is 17.5. The molecule has 0 aliphatic rings. The molecule has 0 amide bonds. The van der Waals surface area contributed by atoms with E-state index in [9.17, 15) is 9.18 Å². The van der Waals surface area contributed by atoms with E-state index in [-0.39, 0.29) is 12.4 Å². The number of carboxylic acid groups (broad SMARTS) is 1. The van der Waals surface area contributed by atoms with Crippen LogP contribution in [-0.4, -0.2) is 24.2 Å². The van der Waals surface area contributed by atoms with Crippen molar-refractivity contribution in [3.63, 3.8) is 0 Å². The molecule has 128 valence electrons. The topological polar surface area (TPSA) is 67.8 Å². The molecule has 6 heteroatoms. The molecule has 0 saturated carbocycles. The van der Waals surface area contributed by atoms with Gasteiger partial charge >= 0.3 is 5.97 Å². The summed E-state index contributed by atoms with van der Waals surface area (Å²) in [7, 11) is 1.52. The molecule has 2 aromatic carbocycles. The van der Waals surface area contributed by atoms with Crippen LogP contribution in [0.15, 0.2) is 42.5 Å². The number of hydrogen-bond acceptors (Lipinski definition) is 4. The summed E-state index contributed by atoms with van der Waals surface area (Å²) in [6.07, 6.45) is 0. The number of ether oxygens (including phenoxy) is 2. The number of hydrogen-bond donors (Lipinski definition) is 2. The van der Waals surface area contributed by atoms with Crippen LogP contribution >= 0.6 is 0 Å². The molecule has 24 heavy (non-hydrogen) atoms. The molecule has 0 aromatic heterocycles. The third kappa shape index (κ3) is 4.70. The molecule has 0 aliphatic heterocycles. The van der Waals surface area contributed by atoms with E-state index in [1.807, 2.05) is 0 Å². The van der Waals surface area contributed by atoms with E-state index in [4.69, 9.17) is 14.6 Å². The first-order valence-electron chi connectivity index (χ1n) is 7.50. The van der Waals surface area contributed by atoms with Crippen molar-refractivity contribution >= 4 is 5.97 Å². The maximum atomic E-state index is 13.6. The van der Waals surface area contributed by atoms with Crippen molar-refractivity contribution in [2.45, 2.75) is 26.1 Å². The zero-order valence-electron chi connectivity index (χ0n) is 13.6. The monoisotopic (exact) mass is 333 g/mol. The first-order chi connectivity index (χ1) is 11.5. The highest BCUT2D eigenvalue weighted by atomic mass is 19.1. The van der Waals surface area contributed by atoms with Crippen LogP contribution in [0.25, 0.3) is 0 Å². The zero-order valence-corrected chi connectivity index (χ0v) is 13.6. The molecule has 0 heterocycles. The normalized spacial score (nSPS) is 11.8. The lowest BCUT2D eigenvalue weighted by atomic mass is 10.2. The van der Waals surface area contributed by atoms with Gasteiger partial charge in [0.15, 0.2) is 11.5 Å². The van der Waals surface area contributed by atoms with Crippen molar-refractivity contribution in [1.82, 2.24) is 5.32 Å². The molecule has 0 fully saturated rings. The van der Waals surface area contributed by atoms with Crippen LogP contribution in [0.3, 0.4) is 0 Å². The van der Waals surface area contributed by atoms with Gasteiger partial charge in [-0.15, -0.1) is 0 Å². The average molecular weight is 333 g/mol. The Labute approximate surface area is 140 Å². The van der Waals surface area contributed by atoms with Crippen LogP contribution in [0, 0.1) is 5.82 Å². The van der Waals surface area contributed by atoms with Crippen LogP contribution in [0.2, 0.25) is 0 Å². The largest absolute Gasteiger partial charge is 0.493 e. The van der Waals surface area contributed by atoms with E-state index in [0.29, 0.717) is 23.6 Å². The van der Waals surface area contributed by atoms with Crippen molar-refractivity contribution in [2.24, 2.45) is 0 Å². The summed E-state index contributed by atoms with van der Waals surface area (Å²) >= 11 is 0. The minimum Gasteiger partial charge on any atom is -0.493 e. The second kappa shape index (κ2) is 8.31. The van der Waals surface area contributed by atoms with E-state index in [1.54, 1.807) is 43.3 Å². The predicted octanol–water partition coefficient (Wildman–Crippen LogP) is 2.98. The molecular weight excluding hydrogens is 313 g/mol. The minimum atomic E-state index is -0.910. The Bertz CT molecular complexity index is 705. The summed E-state index contributed by atoms with van der Waals surface area (Å²) < 4.78 is 24.5. The fourth-order valence-corrected chi connectivity index (χ4v) is 2.07. The van der Waals surface area contributed by atoms with Gasteiger partial charge < -0.3 is 19.9 Å². The number of benzene rings is 2. The maximum absolute atomic E-state index is 13.6. The first-order valence-corrected chi connectivity index (χ1v) is 7.50. The first kappa shape index (κ1) is 17.7. The second-order valence-corrected chi connectivity index (χ2v) is 5.31. The van der Waals surface area contributed by atoms with Crippen molar-refractivity contribution < 1.29 is 23.8 Å². The van der Waals surface area contributed by atoms with Gasteiger partial charge in [-0.25, -0.2) is 4.39 Å². The second-order valence-electron chi connectivity index (χ2n) is 5.31. The number of nitrogens with one attached hydrogen (secondary N) is 1. The lowest BCUT2D eigenvalue weighted by Gasteiger charge is -2.14. The van der Waals surface area contributed by atoms with Gasteiger partial charge in [0.05, 0.1) is 7.11 Å². The van der Waals surface area contributed by atoms with Crippen molar-refractivity contribution in [1.29, 1.82) is 0 Å². The molecule has 0 radical (unpaired) electrons. The lowest BCUT2D eigenvalue weighted by Crippen LogP contribution is -2.33. The Morgan fingerprint density at radius 2 is 2.00 bits per heavy atom. The SMILES string of the molecule is COc1cc(CNC(C)C(=O)O)ccc1OCc1ccccc1F. The molecule has 1 atom stereocenters. The van der Waals surface area contributed by atoms with Crippen molar-refractivity contribution in [2.75, 3.05) is 7.11 Å². The number of carboxylic acids is 1. The Kier molecular flexibility index (Phi) is 6.14. The highest BCUT2D eigenvalue weighted by Gasteiger charge is 2.11. The Morgan fingerprint density at radius 3 is 2.67 bits per heavy atom. The molecular formula is C18H20FNO4. The van der Waals surface area contributed by atoms with Crippen LogP contribution in [0.4, 0.5) is 4.39 Å². The molecule has 0 bridgehead atoms. The fourth-order valence-electron chi connectivity index (χ4n) is 2.07. The Morgan fingerprint density at radius 1 is 1.25 bits per heavy atom. The van der Waals surface area contributed by atoms with E-state index in [0.717, 1.165) is 5.56 Å². The predicted molar refractivity (Wildman–Crippen MR) is 87.7 cm³/mol. The summed E-state index contributed by atoms with van der Waals surface area (Å²) in [5.41, 5.74) is 1.32. The Hall–Kier alpha value is -2.60. The third-order valence-corrected chi connectivity index (χ3v) is 3.55. The summed E-state index contributed by atoms with van der Waals surface area (Å²) in [6.45, 7) is 2.06.